The van der Waals surface area contributed by atoms with Crippen LogP contribution in [0.3, 0.4) is 0 Å². The lowest BCUT2D eigenvalue weighted by molar-refractivity contribution is -0.131. The van der Waals surface area contributed by atoms with Crippen molar-refractivity contribution >= 4 is 17.5 Å². The van der Waals surface area contributed by atoms with E-state index >= 15 is 0 Å². The van der Waals surface area contributed by atoms with Gasteiger partial charge in [-0.05, 0) is 46.5 Å². The summed E-state index contributed by atoms with van der Waals surface area (Å²) in [7, 11) is 0. The predicted octanol–water partition coefficient (Wildman–Crippen LogP) is 6.44. The lowest BCUT2D eigenvalue weighted by atomic mass is 9.93. The SMILES string of the molecule is CC(=O)Oc1ccc2c(c1)C(=O)CC2c1ccccc1.O=C1CC(c2ccccc2)c2ccc(O)cc21. The van der Waals surface area contributed by atoms with E-state index in [9.17, 15) is 19.5 Å². The number of fused-ring (bicyclic) bond motifs is 2. The summed E-state index contributed by atoms with van der Waals surface area (Å²) in [5.41, 5.74) is 5.66. The second-order valence-corrected chi connectivity index (χ2v) is 9.30. The van der Waals surface area contributed by atoms with Crippen LogP contribution in [0.25, 0.3) is 0 Å². The van der Waals surface area contributed by atoms with E-state index in [0.717, 1.165) is 22.3 Å². The minimum absolute atomic E-state index is 0.0999. The number of carbonyl (C=O) groups excluding carboxylic acids is 3. The van der Waals surface area contributed by atoms with Gasteiger partial charge in [0.15, 0.2) is 11.6 Å². The standard InChI is InChI=1S/C17H14O3.C15H12O2/c1-11(18)20-13-7-8-14-15(10-17(19)16(14)9-13)12-5-3-2-4-6-12;16-11-6-7-12-13(9-15(17)14(12)8-11)10-4-2-1-3-5-10/h2-9,15H,10H2,1H3;1-8,13,16H,9H2. The van der Waals surface area contributed by atoms with Gasteiger partial charge in [0.05, 0.1) is 0 Å². The van der Waals surface area contributed by atoms with Crippen molar-refractivity contribution in [3.05, 3.63) is 130 Å². The molecule has 0 bridgehead atoms. The van der Waals surface area contributed by atoms with E-state index in [-0.39, 0.29) is 35.1 Å². The Morgan fingerprint density at radius 1 is 0.703 bits per heavy atom. The van der Waals surface area contributed by atoms with Crippen LogP contribution in [0.1, 0.15) is 74.6 Å². The average Bonchev–Trinajstić information content (AvgIpc) is 3.41. The summed E-state index contributed by atoms with van der Waals surface area (Å²) in [6.45, 7) is 1.35. The molecule has 0 fully saturated rings. The van der Waals surface area contributed by atoms with Gasteiger partial charge < -0.3 is 9.84 Å². The minimum atomic E-state index is -0.380. The van der Waals surface area contributed by atoms with Crippen molar-refractivity contribution in [2.45, 2.75) is 31.6 Å². The Balaban J connectivity index is 0.000000153. The molecule has 5 heteroatoms. The van der Waals surface area contributed by atoms with Crippen molar-refractivity contribution in [2.24, 2.45) is 0 Å². The van der Waals surface area contributed by atoms with Crippen molar-refractivity contribution in [2.75, 3.05) is 0 Å². The largest absolute Gasteiger partial charge is 0.508 e. The summed E-state index contributed by atoms with van der Waals surface area (Å²) in [6.07, 6.45) is 0.978. The molecule has 2 unspecified atom stereocenters. The fourth-order valence-corrected chi connectivity index (χ4v) is 5.18. The molecule has 2 aliphatic carbocycles. The lowest BCUT2D eigenvalue weighted by Gasteiger charge is -2.11. The van der Waals surface area contributed by atoms with E-state index in [1.807, 2.05) is 72.8 Å². The first-order valence-electron chi connectivity index (χ1n) is 12.2. The first kappa shape index (κ1) is 24.2. The van der Waals surface area contributed by atoms with Gasteiger partial charge in [0, 0.05) is 42.7 Å². The van der Waals surface area contributed by atoms with Crippen LogP contribution in [-0.4, -0.2) is 22.6 Å². The molecule has 2 aliphatic rings. The quantitative estimate of drug-likeness (QED) is 0.264. The van der Waals surface area contributed by atoms with E-state index < -0.39 is 0 Å². The molecule has 4 aromatic carbocycles. The molecule has 0 heterocycles. The van der Waals surface area contributed by atoms with E-state index in [1.54, 1.807) is 24.3 Å². The number of ether oxygens (including phenoxy) is 1. The molecule has 37 heavy (non-hydrogen) atoms. The van der Waals surface area contributed by atoms with Gasteiger partial charge in [-0.15, -0.1) is 0 Å². The molecular formula is C32H26O5. The second kappa shape index (κ2) is 10.2. The molecule has 1 N–H and O–H groups in total. The third-order valence-corrected chi connectivity index (χ3v) is 6.86. The Kier molecular flexibility index (Phi) is 6.69. The Bertz CT molecular complexity index is 1470. The number of rotatable bonds is 3. The molecule has 0 saturated carbocycles. The predicted molar refractivity (Wildman–Crippen MR) is 140 cm³/mol. The molecule has 4 aromatic rings. The highest BCUT2D eigenvalue weighted by molar-refractivity contribution is 6.03. The van der Waals surface area contributed by atoms with Gasteiger partial charge in [-0.1, -0.05) is 72.8 Å². The van der Waals surface area contributed by atoms with Crippen LogP contribution in [0.2, 0.25) is 0 Å². The summed E-state index contributed by atoms with van der Waals surface area (Å²) in [4.78, 5) is 35.0. The number of hydrogen-bond acceptors (Lipinski definition) is 5. The van der Waals surface area contributed by atoms with Crippen LogP contribution in [0.4, 0.5) is 0 Å². The van der Waals surface area contributed by atoms with Crippen LogP contribution in [0.15, 0.2) is 97.1 Å². The highest BCUT2D eigenvalue weighted by atomic mass is 16.5. The maximum atomic E-state index is 12.1. The maximum absolute atomic E-state index is 12.1. The van der Waals surface area contributed by atoms with E-state index in [0.29, 0.717) is 29.7 Å². The number of phenols is 1. The molecule has 6 rings (SSSR count). The number of Topliss-reactive ketones (excluding diaryl/α,β-unsaturated/α-hetero) is 2. The van der Waals surface area contributed by atoms with Gasteiger partial charge in [-0.2, -0.15) is 0 Å². The van der Waals surface area contributed by atoms with Gasteiger partial charge >= 0.3 is 5.97 Å². The van der Waals surface area contributed by atoms with Gasteiger partial charge in [-0.3, -0.25) is 14.4 Å². The topological polar surface area (TPSA) is 80.7 Å². The molecule has 0 amide bonds. The molecule has 2 atom stereocenters. The highest BCUT2D eigenvalue weighted by Gasteiger charge is 2.31. The zero-order valence-electron chi connectivity index (χ0n) is 20.4. The van der Waals surface area contributed by atoms with E-state index in [4.69, 9.17) is 4.74 Å². The van der Waals surface area contributed by atoms with E-state index in [2.05, 4.69) is 0 Å². The minimum Gasteiger partial charge on any atom is -0.508 e. The summed E-state index contributed by atoms with van der Waals surface area (Å²) < 4.78 is 5.04. The number of benzene rings is 4. The Morgan fingerprint density at radius 3 is 1.70 bits per heavy atom. The summed E-state index contributed by atoms with van der Waals surface area (Å²) in [5, 5.41) is 9.42. The van der Waals surface area contributed by atoms with Crippen molar-refractivity contribution in [1.29, 1.82) is 0 Å². The Labute approximate surface area is 215 Å². The molecule has 0 radical (unpaired) electrons. The van der Waals surface area contributed by atoms with Crippen molar-refractivity contribution in [1.82, 2.24) is 0 Å². The van der Waals surface area contributed by atoms with Gasteiger partial charge in [0.2, 0.25) is 0 Å². The number of ketones is 2. The first-order valence-corrected chi connectivity index (χ1v) is 12.2. The number of aromatic hydroxyl groups is 1. The fourth-order valence-electron chi connectivity index (χ4n) is 5.18. The Morgan fingerprint density at radius 2 is 1.19 bits per heavy atom. The normalized spacial score (nSPS) is 17.4. The van der Waals surface area contributed by atoms with Crippen LogP contribution in [0.5, 0.6) is 11.5 Å². The maximum Gasteiger partial charge on any atom is 0.308 e. The number of esters is 1. The average molecular weight is 491 g/mol. The van der Waals surface area contributed by atoms with Gasteiger partial charge in [0.25, 0.3) is 0 Å². The summed E-state index contributed by atoms with van der Waals surface area (Å²) >= 11 is 0. The first-order chi connectivity index (χ1) is 17.9. The molecule has 0 aliphatic heterocycles. The van der Waals surface area contributed by atoms with Crippen molar-refractivity contribution in [3.63, 3.8) is 0 Å². The van der Waals surface area contributed by atoms with Crippen LogP contribution >= 0.6 is 0 Å². The second-order valence-electron chi connectivity index (χ2n) is 9.30. The highest BCUT2D eigenvalue weighted by Crippen LogP contribution is 2.40. The van der Waals surface area contributed by atoms with Gasteiger partial charge in [-0.25, -0.2) is 0 Å². The summed E-state index contributed by atoms with van der Waals surface area (Å²) in [5.74, 6) is 0.663. The van der Waals surface area contributed by atoms with Gasteiger partial charge in [0.1, 0.15) is 11.5 Å². The van der Waals surface area contributed by atoms with Crippen molar-refractivity contribution < 1.29 is 24.2 Å². The zero-order valence-corrected chi connectivity index (χ0v) is 20.4. The van der Waals surface area contributed by atoms with Crippen LogP contribution < -0.4 is 4.74 Å². The smallest absolute Gasteiger partial charge is 0.308 e. The van der Waals surface area contributed by atoms with E-state index in [1.165, 1.54) is 6.92 Å². The molecule has 0 spiro atoms. The molecule has 0 saturated heterocycles. The molecular weight excluding hydrogens is 464 g/mol. The lowest BCUT2D eigenvalue weighted by Crippen LogP contribution is -2.02. The number of carbonyl (C=O) groups is 3. The van der Waals surface area contributed by atoms with Crippen molar-refractivity contribution in [3.8, 4) is 11.5 Å². The Hall–Kier alpha value is -4.51. The fraction of sp³-hybridized carbons (Fsp3) is 0.156. The third-order valence-electron chi connectivity index (χ3n) is 6.86. The molecule has 5 nitrogen and oxygen atoms in total. The monoisotopic (exact) mass is 490 g/mol. The molecule has 184 valence electrons. The number of hydrogen-bond donors (Lipinski definition) is 1. The van der Waals surface area contributed by atoms with Crippen LogP contribution in [-0.2, 0) is 4.79 Å². The third kappa shape index (κ3) is 5.07. The zero-order chi connectivity index (χ0) is 25.9. The van der Waals surface area contributed by atoms with Crippen LogP contribution in [0, 0.1) is 0 Å². The summed E-state index contributed by atoms with van der Waals surface area (Å²) in [6, 6.07) is 30.4. The number of phenolic OH excluding ortho intramolecular Hbond substituents is 1. The molecule has 0 aromatic heterocycles.